The minimum Gasteiger partial charge on any atom is -0.393 e. The topological polar surface area (TPSA) is 32.3 Å². The molecule has 0 saturated heterocycles. The van der Waals surface area contributed by atoms with Crippen molar-refractivity contribution in [3.8, 4) is 0 Å². The predicted molar refractivity (Wildman–Crippen MR) is 41.8 cm³/mol. The third-order valence-corrected chi connectivity index (χ3v) is 1.97. The van der Waals surface area contributed by atoms with Crippen LogP contribution in [0.2, 0.25) is 0 Å². The fraction of sp³-hybridized carbons (Fsp3) is 0.750. The van der Waals surface area contributed by atoms with Crippen molar-refractivity contribution >= 4 is 0 Å². The molecule has 0 aliphatic heterocycles. The Balaban J connectivity index is 2.10. The van der Waals surface area contributed by atoms with E-state index in [1.165, 1.54) is 0 Å². The molecule has 58 valence electrons. The Hall–Kier alpha value is -0.340. The number of nitrogens with one attached hydrogen (secondary N) is 1. The highest BCUT2D eigenvalue weighted by Crippen LogP contribution is 2.19. The van der Waals surface area contributed by atoms with Gasteiger partial charge in [-0.2, -0.15) is 0 Å². The molecule has 0 aromatic heterocycles. The van der Waals surface area contributed by atoms with E-state index >= 15 is 0 Å². The summed E-state index contributed by atoms with van der Waals surface area (Å²) in [5, 5.41) is 12.3. The Morgan fingerprint density at radius 2 is 2.30 bits per heavy atom. The van der Waals surface area contributed by atoms with E-state index in [0.29, 0.717) is 12.1 Å². The lowest BCUT2D eigenvalue weighted by atomic mass is 9.89. The van der Waals surface area contributed by atoms with E-state index in [1.54, 1.807) is 0 Å². The first-order chi connectivity index (χ1) is 4.72. The van der Waals surface area contributed by atoms with Gasteiger partial charge in [0.1, 0.15) is 0 Å². The van der Waals surface area contributed by atoms with E-state index in [2.05, 4.69) is 18.8 Å². The number of rotatable bonds is 3. The molecule has 0 spiro atoms. The molecule has 1 rings (SSSR count). The van der Waals surface area contributed by atoms with Gasteiger partial charge in [0.25, 0.3) is 0 Å². The minimum absolute atomic E-state index is 0.0606. The van der Waals surface area contributed by atoms with Crippen LogP contribution in [0.15, 0.2) is 12.7 Å². The van der Waals surface area contributed by atoms with Crippen molar-refractivity contribution in [2.24, 2.45) is 0 Å². The summed E-state index contributed by atoms with van der Waals surface area (Å²) in [7, 11) is 0. The van der Waals surface area contributed by atoms with Crippen LogP contribution in [0.25, 0.3) is 0 Å². The second-order valence-electron chi connectivity index (χ2n) is 3.01. The molecule has 1 atom stereocenters. The van der Waals surface area contributed by atoms with Gasteiger partial charge in [0.2, 0.25) is 0 Å². The van der Waals surface area contributed by atoms with Gasteiger partial charge in [-0.05, 0) is 19.8 Å². The van der Waals surface area contributed by atoms with E-state index in [4.69, 9.17) is 5.11 Å². The lowest BCUT2D eigenvalue weighted by molar-refractivity contribution is 0.0607. The number of aliphatic hydroxyl groups excluding tert-OH is 1. The van der Waals surface area contributed by atoms with Gasteiger partial charge in [0.15, 0.2) is 0 Å². The van der Waals surface area contributed by atoms with Gasteiger partial charge >= 0.3 is 0 Å². The molecule has 0 aromatic rings. The molecule has 1 aliphatic carbocycles. The number of hydrogen-bond donors (Lipinski definition) is 2. The quantitative estimate of drug-likeness (QED) is 0.566. The predicted octanol–water partition coefficient (Wildman–Crippen LogP) is 0.674. The highest BCUT2D eigenvalue weighted by atomic mass is 16.3. The third-order valence-electron chi connectivity index (χ3n) is 1.97. The SMILES string of the molecule is C=CC(C)NC1CC(O)C1. The van der Waals surface area contributed by atoms with Crippen LogP contribution in [-0.2, 0) is 0 Å². The van der Waals surface area contributed by atoms with Crippen LogP contribution in [-0.4, -0.2) is 23.3 Å². The van der Waals surface area contributed by atoms with Crippen molar-refractivity contribution in [2.75, 3.05) is 0 Å². The molecule has 2 nitrogen and oxygen atoms in total. The zero-order valence-electron chi connectivity index (χ0n) is 6.38. The van der Waals surface area contributed by atoms with E-state index in [-0.39, 0.29) is 6.10 Å². The molecule has 10 heavy (non-hydrogen) atoms. The van der Waals surface area contributed by atoms with Gasteiger partial charge in [0.05, 0.1) is 6.10 Å². The summed E-state index contributed by atoms with van der Waals surface area (Å²) in [6.07, 6.45) is 3.62. The molecule has 0 aromatic carbocycles. The summed E-state index contributed by atoms with van der Waals surface area (Å²) >= 11 is 0. The molecule has 0 radical (unpaired) electrons. The maximum atomic E-state index is 8.94. The Morgan fingerprint density at radius 3 is 2.70 bits per heavy atom. The minimum atomic E-state index is -0.0606. The van der Waals surface area contributed by atoms with E-state index in [9.17, 15) is 0 Å². The highest BCUT2D eigenvalue weighted by Gasteiger charge is 2.26. The average molecular weight is 141 g/mol. The van der Waals surface area contributed by atoms with Gasteiger partial charge in [0, 0.05) is 12.1 Å². The lowest BCUT2D eigenvalue weighted by Gasteiger charge is -2.33. The second kappa shape index (κ2) is 3.17. The zero-order valence-corrected chi connectivity index (χ0v) is 6.38. The Morgan fingerprint density at radius 1 is 1.70 bits per heavy atom. The molecule has 2 heteroatoms. The zero-order chi connectivity index (χ0) is 7.56. The molecule has 1 unspecified atom stereocenters. The van der Waals surface area contributed by atoms with Crippen LogP contribution in [0.1, 0.15) is 19.8 Å². The summed E-state index contributed by atoms with van der Waals surface area (Å²) in [5.41, 5.74) is 0. The Bertz CT molecular complexity index is 118. The van der Waals surface area contributed by atoms with Crippen molar-refractivity contribution < 1.29 is 5.11 Å². The second-order valence-corrected chi connectivity index (χ2v) is 3.01. The molecule has 1 fully saturated rings. The first kappa shape index (κ1) is 7.76. The van der Waals surface area contributed by atoms with E-state index < -0.39 is 0 Å². The van der Waals surface area contributed by atoms with Crippen LogP contribution in [0.3, 0.4) is 0 Å². The fourth-order valence-corrected chi connectivity index (χ4v) is 1.16. The third kappa shape index (κ3) is 1.82. The summed E-state index contributed by atoms with van der Waals surface area (Å²) < 4.78 is 0. The van der Waals surface area contributed by atoms with Gasteiger partial charge in [-0.25, -0.2) is 0 Å². The van der Waals surface area contributed by atoms with Crippen molar-refractivity contribution in [3.05, 3.63) is 12.7 Å². The van der Waals surface area contributed by atoms with Crippen molar-refractivity contribution in [3.63, 3.8) is 0 Å². The first-order valence-corrected chi connectivity index (χ1v) is 3.79. The van der Waals surface area contributed by atoms with Gasteiger partial charge in [-0.3, -0.25) is 0 Å². The van der Waals surface area contributed by atoms with Crippen LogP contribution < -0.4 is 5.32 Å². The molecular formula is C8H15NO. The fourth-order valence-electron chi connectivity index (χ4n) is 1.16. The standard InChI is InChI=1S/C8H15NO/c1-3-6(2)9-7-4-8(10)5-7/h3,6-10H,1,4-5H2,2H3. The maximum Gasteiger partial charge on any atom is 0.0570 e. The highest BCUT2D eigenvalue weighted by molar-refractivity contribution is 4.91. The maximum absolute atomic E-state index is 8.94. The smallest absolute Gasteiger partial charge is 0.0570 e. The molecule has 1 saturated carbocycles. The summed E-state index contributed by atoms with van der Waals surface area (Å²) in [5.74, 6) is 0. The van der Waals surface area contributed by atoms with E-state index in [1.807, 2.05) is 6.08 Å². The van der Waals surface area contributed by atoms with Crippen LogP contribution >= 0.6 is 0 Å². The largest absolute Gasteiger partial charge is 0.393 e. The molecular weight excluding hydrogens is 126 g/mol. The Labute approximate surface area is 61.9 Å². The number of aliphatic hydroxyl groups is 1. The lowest BCUT2D eigenvalue weighted by Crippen LogP contribution is -2.47. The van der Waals surface area contributed by atoms with Gasteiger partial charge in [-0.1, -0.05) is 6.08 Å². The monoisotopic (exact) mass is 141 g/mol. The number of hydrogen-bond acceptors (Lipinski definition) is 2. The summed E-state index contributed by atoms with van der Waals surface area (Å²) in [4.78, 5) is 0. The van der Waals surface area contributed by atoms with E-state index in [0.717, 1.165) is 12.8 Å². The normalized spacial score (nSPS) is 34.6. The summed E-state index contributed by atoms with van der Waals surface area (Å²) in [6.45, 7) is 5.73. The van der Waals surface area contributed by atoms with Gasteiger partial charge in [-0.15, -0.1) is 6.58 Å². The van der Waals surface area contributed by atoms with Crippen molar-refractivity contribution in [1.82, 2.24) is 5.32 Å². The summed E-state index contributed by atoms with van der Waals surface area (Å²) in [6, 6.07) is 0.889. The van der Waals surface area contributed by atoms with Crippen LogP contribution in [0.4, 0.5) is 0 Å². The molecule has 0 amide bonds. The van der Waals surface area contributed by atoms with Crippen molar-refractivity contribution in [2.45, 2.75) is 38.0 Å². The van der Waals surface area contributed by atoms with Crippen LogP contribution in [0, 0.1) is 0 Å². The molecule has 1 aliphatic rings. The van der Waals surface area contributed by atoms with Crippen molar-refractivity contribution in [1.29, 1.82) is 0 Å². The Kier molecular flexibility index (Phi) is 2.46. The van der Waals surface area contributed by atoms with Gasteiger partial charge < -0.3 is 10.4 Å². The molecule has 2 N–H and O–H groups in total. The first-order valence-electron chi connectivity index (χ1n) is 3.79. The van der Waals surface area contributed by atoms with Crippen LogP contribution in [0.5, 0.6) is 0 Å². The average Bonchev–Trinajstić information content (AvgIpc) is 1.84. The molecule has 0 heterocycles. The molecule has 0 bridgehead atoms.